The number of aryl methyl sites for hydroxylation is 2. The van der Waals surface area contributed by atoms with Crippen molar-refractivity contribution in [1.82, 2.24) is 20.1 Å². The van der Waals surface area contributed by atoms with Crippen molar-refractivity contribution >= 4 is 23.4 Å². The van der Waals surface area contributed by atoms with Gasteiger partial charge in [0.05, 0.1) is 10.7 Å². The van der Waals surface area contributed by atoms with Gasteiger partial charge in [0.15, 0.2) is 0 Å². The summed E-state index contributed by atoms with van der Waals surface area (Å²) in [6.07, 6.45) is 1.67. The van der Waals surface area contributed by atoms with Gasteiger partial charge in [0.1, 0.15) is 10.1 Å². The molecule has 0 amide bonds. The lowest BCUT2D eigenvalue weighted by atomic mass is 10.2. The topological polar surface area (TPSA) is 42.7 Å². The van der Waals surface area contributed by atoms with Crippen LogP contribution in [0.4, 0.5) is 0 Å². The molecule has 2 aromatic heterocycles. The van der Waals surface area contributed by atoms with E-state index in [0.29, 0.717) is 10.9 Å². The lowest BCUT2D eigenvalue weighted by Crippen LogP contribution is -2.19. The molecule has 114 valence electrons. The minimum absolute atomic E-state index is 0.635. The molecule has 0 atom stereocenters. The highest BCUT2D eigenvalue weighted by atomic mass is 35.5. The minimum Gasteiger partial charge on any atom is -0.312 e. The maximum absolute atomic E-state index is 5.88. The average Bonchev–Trinajstić information content (AvgIpc) is 2.68. The van der Waals surface area contributed by atoms with Crippen molar-refractivity contribution < 1.29 is 0 Å². The van der Waals surface area contributed by atoms with Crippen molar-refractivity contribution in [2.24, 2.45) is 13.0 Å². The summed E-state index contributed by atoms with van der Waals surface area (Å²) in [6.45, 7) is 8.28. The second-order valence-electron chi connectivity index (χ2n) is 5.43. The molecule has 0 fully saturated rings. The molecule has 0 saturated carbocycles. The van der Waals surface area contributed by atoms with Crippen LogP contribution < -0.4 is 5.32 Å². The first-order valence-corrected chi connectivity index (χ1v) is 8.19. The van der Waals surface area contributed by atoms with E-state index in [9.17, 15) is 0 Å². The molecule has 0 bridgehead atoms. The number of aromatic nitrogens is 3. The van der Waals surface area contributed by atoms with Crippen LogP contribution in [0.3, 0.4) is 0 Å². The maximum Gasteiger partial charge on any atom is 0.105 e. The number of hydrogen-bond donors (Lipinski definition) is 1. The van der Waals surface area contributed by atoms with E-state index in [2.05, 4.69) is 29.2 Å². The van der Waals surface area contributed by atoms with Crippen molar-refractivity contribution in [3.8, 4) is 0 Å². The van der Waals surface area contributed by atoms with Crippen LogP contribution in [0, 0.1) is 12.8 Å². The van der Waals surface area contributed by atoms with Gasteiger partial charge in [-0.05, 0) is 31.5 Å². The predicted molar refractivity (Wildman–Crippen MR) is 87.9 cm³/mol. The molecule has 0 aliphatic heterocycles. The lowest BCUT2D eigenvalue weighted by molar-refractivity contribution is 0.548. The Morgan fingerprint density at radius 1 is 1.38 bits per heavy atom. The van der Waals surface area contributed by atoms with Crippen LogP contribution in [-0.4, -0.2) is 21.3 Å². The van der Waals surface area contributed by atoms with Gasteiger partial charge in [-0.25, -0.2) is 4.98 Å². The Labute approximate surface area is 135 Å². The first-order chi connectivity index (χ1) is 9.97. The fourth-order valence-electron chi connectivity index (χ4n) is 2.02. The average molecular weight is 325 g/mol. The van der Waals surface area contributed by atoms with Crippen LogP contribution in [0.1, 0.15) is 25.1 Å². The molecule has 0 aromatic carbocycles. The van der Waals surface area contributed by atoms with E-state index in [4.69, 9.17) is 11.6 Å². The summed E-state index contributed by atoms with van der Waals surface area (Å²) >= 11 is 7.50. The molecule has 1 N–H and O–H groups in total. The van der Waals surface area contributed by atoms with Crippen molar-refractivity contribution in [3.63, 3.8) is 0 Å². The van der Waals surface area contributed by atoms with Crippen LogP contribution in [0.25, 0.3) is 0 Å². The van der Waals surface area contributed by atoms with Crippen molar-refractivity contribution in [2.45, 2.75) is 37.4 Å². The molecule has 6 heteroatoms. The van der Waals surface area contributed by atoms with Gasteiger partial charge < -0.3 is 5.32 Å². The lowest BCUT2D eigenvalue weighted by Gasteiger charge is -2.09. The van der Waals surface area contributed by atoms with Crippen LogP contribution in [0.2, 0.25) is 5.02 Å². The van der Waals surface area contributed by atoms with Gasteiger partial charge in [-0.3, -0.25) is 4.68 Å². The summed E-state index contributed by atoms with van der Waals surface area (Å²) in [4.78, 5) is 4.34. The first kappa shape index (κ1) is 16.3. The van der Waals surface area contributed by atoms with E-state index in [1.165, 1.54) is 5.56 Å². The molecule has 0 unspecified atom stereocenters. The standard InChI is InChI=1S/C15H21ClN4S/c1-10(2)7-17-9-13-11(3)19-20(4)15(13)21-14-6-5-12(16)8-18-14/h5-6,8,10,17H,7,9H2,1-4H3. The molecule has 0 saturated heterocycles. The van der Waals surface area contributed by atoms with E-state index in [-0.39, 0.29) is 0 Å². The molecule has 0 aliphatic rings. The van der Waals surface area contributed by atoms with E-state index in [1.54, 1.807) is 18.0 Å². The van der Waals surface area contributed by atoms with Gasteiger partial charge in [0.2, 0.25) is 0 Å². The molecule has 21 heavy (non-hydrogen) atoms. The molecule has 0 spiro atoms. The Morgan fingerprint density at radius 3 is 2.76 bits per heavy atom. The molecule has 0 radical (unpaired) electrons. The Hall–Kier alpha value is -1.04. The third-order valence-electron chi connectivity index (χ3n) is 3.04. The zero-order valence-corrected chi connectivity index (χ0v) is 14.4. The van der Waals surface area contributed by atoms with E-state index in [0.717, 1.165) is 28.8 Å². The summed E-state index contributed by atoms with van der Waals surface area (Å²) in [6, 6.07) is 3.79. The Morgan fingerprint density at radius 2 is 2.14 bits per heavy atom. The van der Waals surface area contributed by atoms with Crippen LogP contribution in [0.15, 0.2) is 28.4 Å². The molecule has 2 heterocycles. The predicted octanol–water partition coefficient (Wildman–Crippen LogP) is 3.67. The summed E-state index contributed by atoms with van der Waals surface area (Å²) in [5.41, 5.74) is 2.30. The van der Waals surface area contributed by atoms with Crippen molar-refractivity contribution in [3.05, 3.63) is 34.6 Å². The molecule has 2 aromatic rings. The number of rotatable bonds is 6. The normalized spacial score (nSPS) is 11.3. The molecular formula is C15H21ClN4S. The maximum atomic E-state index is 5.88. The van der Waals surface area contributed by atoms with Crippen LogP contribution >= 0.6 is 23.4 Å². The highest BCUT2D eigenvalue weighted by Crippen LogP contribution is 2.30. The highest BCUT2D eigenvalue weighted by Gasteiger charge is 2.15. The monoisotopic (exact) mass is 324 g/mol. The summed E-state index contributed by atoms with van der Waals surface area (Å²) in [5.74, 6) is 0.635. The summed E-state index contributed by atoms with van der Waals surface area (Å²) in [5, 5.41) is 10.7. The van der Waals surface area contributed by atoms with Gasteiger partial charge in [0.25, 0.3) is 0 Å². The fourth-order valence-corrected chi connectivity index (χ4v) is 3.09. The number of pyridine rings is 1. The minimum atomic E-state index is 0.635. The van der Waals surface area contributed by atoms with Crippen LogP contribution in [0.5, 0.6) is 0 Å². The fraction of sp³-hybridized carbons (Fsp3) is 0.467. The summed E-state index contributed by atoms with van der Waals surface area (Å²) < 4.78 is 1.92. The molecular weight excluding hydrogens is 304 g/mol. The molecule has 0 aliphatic carbocycles. The third-order valence-corrected chi connectivity index (χ3v) is 4.42. The SMILES string of the molecule is Cc1nn(C)c(Sc2ccc(Cl)cn2)c1CNCC(C)C. The van der Waals surface area contributed by atoms with Crippen molar-refractivity contribution in [2.75, 3.05) is 6.54 Å². The van der Waals surface area contributed by atoms with Gasteiger partial charge >= 0.3 is 0 Å². The number of hydrogen-bond acceptors (Lipinski definition) is 4. The summed E-state index contributed by atoms with van der Waals surface area (Å²) in [7, 11) is 1.97. The smallest absolute Gasteiger partial charge is 0.105 e. The zero-order valence-electron chi connectivity index (χ0n) is 12.9. The molecule has 4 nitrogen and oxygen atoms in total. The number of nitrogens with zero attached hydrogens (tertiary/aromatic N) is 3. The quantitative estimate of drug-likeness (QED) is 0.880. The Kier molecular flexibility index (Phi) is 5.67. The van der Waals surface area contributed by atoms with E-state index < -0.39 is 0 Å². The van der Waals surface area contributed by atoms with Crippen molar-refractivity contribution in [1.29, 1.82) is 0 Å². The zero-order chi connectivity index (χ0) is 15.4. The largest absolute Gasteiger partial charge is 0.312 e. The van der Waals surface area contributed by atoms with Gasteiger partial charge in [-0.15, -0.1) is 0 Å². The third kappa shape index (κ3) is 4.46. The van der Waals surface area contributed by atoms with Gasteiger partial charge in [0, 0.05) is 25.4 Å². The second kappa shape index (κ2) is 7.29. The second-order valence-corrected chi connectivity index (χ2v) is 6.88. The molecule has 2 rings (SSSR count). The number of nitrogens with one attached hydrogen (secondary N) is 1. The van der Waals surface area contributed by atoms with Gasteiger partial charge in [-0.2, -0.15) is 5.10 Å². The van der Waals surface area contributed by atoms with E-state index >= 15 is 0 Å². The van der Waals surface area contributed by atoms with E-state index in [1.807, 2.05) is 30.8 Å². The van der Waals surface area contributed by atoms with Crippen LogP contribution in [-0.2, 0) is 13.6 Å². The first-order valence-electron chi connectivity index (χ1n) is 7.00. The Balaban J connectivity index is 2.16. The number of halogens is 1. The van der Waals surface area contributed by atoms with Gasteiger partial charge in [-0.1, -0.05) is 37.2 Å². The Bertz CT molecular complexity index is 592. The highest BCUT2D eigenvalue weighted by molar-refractivity contribution is 7.99.